The molecule has 0 heterocycles. The average Bonchev–Trinajstić information content (AvgIpc) is 2.24. The highest BCUT2D eigenvalue weighted by molar-refractivity contribution is 5.25. The maximum Gasteiger partial charge on any atom is 0.166 e. The van der Waals surface area contributed by atoms with E-state index in [1.165, 1.54) is 6.08 Å². The van der Waals surface area contributed by atoms with Gasteiger partial charge >= 0.3 is 0 Å². The number of allylic oxidation sites excluding steroid dienone is 1. The van der Waals surface area contributed by atoms with Crippen molar-refractivity contribution in [1.29, 1.82) is 0 Å². The molecule has 1 aromatic rings. The Morgan fingerprint density at radius 2 is 1.69 bits per heavy atom. The van der Waals surface area contributed by atoms with Crippen LogP contribution in [0.15, 0.2) is 18.7 Å². The molecule has 88 valence electrons. The predicted octanol–water partition coefficient (Wildman–Crippen LogP) is 3.21. The summed E-state index contributed by atoms with van der Waals surface area (Å²) in [6.07, 6.45) is 2.07. The van der Waals surface area contributed by atoms with Gasteiger partial charge in [-0.2, -0.15) is 0 Å². The zero-order valence-corrected chi connectivity index (χ0v) is 8.44. The van der Waals surface area contributed by atoms with E-state index in [-0.39, 0.29) is 12.5 Å². The molecular weight excluding hydrogens is 222 g/mol. The van der Waals surface area contributed by atoms with E-state index in [0.29, 0.717) is 6.42 Å². The van der Waals surface area contributed by atoms with Crippen LogP contribution in [0.4, 0.5) is 17.6 Å². The molecule has 0 saturated carbocycles. The van der Waals surface area contributed by atoms with Crippen LogP contribution in [-0.4, -0.2) is 0 Å². The second-order valence-corrected chi connectivity index (χ2v) is 3.35. The smallest absolute Gasteiger partial charge is 0.166 e. The Balaban J connectivity index is 3.15. The van der Waals surface area contributed by atoms with Crippen LogP contribution in [0.2, 0.25) is 0 Å². The van der Waals surface area contributed by atoms with Crippen LogP contribution in [0.1, 0.15) is 24.4 Å². The van der Waals surface area contributed by atoms with Gasteiger partial charge in [-0.1, -0.05) is 6.08 Å². The largest absolute Gasteiger partial charge is 0.324 e. The SMILES string of the molecule is C=CCC[C@@H](N)c1c(F)c(F)cc(F)c1F. The van der Waals surface area contributed by atoms with E-state index in [9.17, 15) is 17.6 Å². The van der Waals surface area contributed by atoms with E-state index in [1.807, 2.05) is 0 Å². The maximum absolute atomic E-state index is 13.2. The Kier molecular flexibility index (Phi) is 4.06. The lowest BCUT2D eigenvalue weighted by atomic mass is 10.0. The summed E-state index contributed by atoms with van der Waals surface area (Å²) in [7, 11) is 0. The maximum atomic E-state index is 13.2. The minimum Gasteiger partial charge on any atom is -0.324 e. The van der Waals surface area contributed by atoms with Gasteiger partial charge in [-0.25, -0.2) is 17.6 Å². The highest BCUT2D eigenvalue weighted by Gasteiger charge is 2.23. The first-order chi connectivity index (χ1) is 7.49. The van der Waals surface area contributed by atoms with Crippen molar-refractivity contribution < 1.29 is 17.6 Å². The second-order valence-electron chi connectivity index (χ2n) is 3.35. The molecule has 0 aromatic heterocycles. The van der Waals surface area contributed by atoms with Crippen molar-refractivity contribution in [3.63, 3.8) is 0 Å². The van der Waals surface area contributed by atoms with Gasteiger partial charge in [0.25, 0.3) is 0 Å². The fraction of sp³-hybridized carbons (Fsp3) is 0.273. The first-order valence-corrected chi connectivity index (χ1v) is 4.68. The number of hydrogen-bond acceptors (Lipinski definition) is 1. The Hall–Kier alpha value is -1.36. The van der Waals surface area contributed by atoms with Gasteiger partial charge in [0.1, 0.15) is 0 Å². The van der Waals surface area contributed by atoms with Crippen molar-refractivity contribution in [3.8, 4) is 0 Å². The monoisotopic (exact) mass is 233 g/mol. The molecule has 0 amide bonds. The molecule has 0 radical (unpaired) electrons. The number of nitrogens with two attached hydrogens (primary N) is 1. The van der Waals surface area contributed by atoms with E-state index in [1.54, 1.807) is 0 Å². The molecular formula is C11H11F4N. The molecule has 1 atom stereocenters. The first-order valence-electron chi connectivity index (χ1n) is 4.68. The Morgan fingerprint density at radius 3 is 2.12 bits per heavy atom. The summed E-state index contributed by atoms with van der Waals surface area (Å²) in [4.78, 5) is 0. The van der Waals surface area contributed by atoms with Crippen LogP contribution in [0, 0.1) is 23.3 Å². The third kappa shape index (κ3) is 2.41. The van der Waals surface area contributed by atoms with Gasteiger partial charge in [0, 0.05) is 17.7 Å². The van der Waals surface area contributed by atoms with Gasteiger partial charge in [-0.05, 0) is 12.8 Å². The Morgan fingerprint density at radius 1 is 1.19 bits per heavy atom. The van der Waals surface area contributed by atoms with Crippen LogP contribution in [-0.2, 0) is 0 Å². The van der Waals surface area contributed by atoms with Crippen LogP contribution >= 0.6 is 0 Å². The van der Waals surface area contributed by atoms with E-state index in [4.69, 9.17) is 5.73 Å². The summed E-state index contributed by atoms with van der Waals surface area (Å²) < 4.78 is 52.2. The summed E-state index contributed by atoms with van der Waals surface area (Å²) in [5.41, 5.74) is 4.71. The third-order valence-electron chi connectivity index (χ3n) is 2.20. The molecule has 5 heteroatoms. The van der Waals surface area contributed by atoms with Gasteiger partial charge in [0.05, 0.1) is 0 Å². The van der Waals surface area contributed by atoms with Crippen molar-refractivity contribution in [3.05, 3.63) is 47.6 Å². The fourth-order valence-electron chi connectivity index (χ4n) is 1.36. The Labute approximate surface area is 90.6 Å². The van der Waals surface area contributed by atoms with E-state index < -0.39 is 34.9 Å². The molecule has 16 heavy (non-hydrogen) atoms. The third-order valence-corrected chi connectivity index (χ3v) is 2.20. The normalized spacial score (nSPS) is 12.6. The average molecular weight is 233 g/mol. The van der Waals surface area contributed by atoms with Gasteiger partial charge in [0.15, 0.2) is 23.3 Å². The summed E-state index contributed by atoms with van der Waals surface area (Å²) in [6.45, 7) is 3.42. The molecule has 0 aliphatic heterocycles. The van der Waals surface area contributed by atoms with Crippen molar-refractivity contribution >= 4 is 0 Å². The van der Waals surface area contributed by atoms with Crippen LogP contribution < -0.4 is 5.73 Å². The zero-order valence-electron chi connectivity index (χ0n) is 8.44. The van der Waals surface area contributed by atoms with E-state index >= 15 is 0 Å². The van der Waals surface area contributed by atoms with E-state index in [2.05, 4.69) is 6.58 Å². The standard InChI is InChI=1S/C11H11F4N/c1-2-3-4-8(16)9-10(14)6(12)5-7(13)11(9)15/h2,5,8H,1,3-4,16H2/t8-/m1/s1. The van der Waals surface area contributed by atoms with Crippen molar-refractivity contribution in [2.45, 2.75) is 18.9 Å². The van der Waals surface area contributed by atoms with Gasteiger partial charge in [-0.3, -0.25) is 0 Å². The fourth-order valence-corrected chi connectivity index (χ4v) is 1.36. The van der Waals surface area contributed by atoms with Crippen molar-refractivity contribution in [2.24, 2.45) is 5.73 Å². The molecule has 0 bridgehead atoms. The lowest BCUT2D eigenvalue weighted by Crippen LogP contribution is -2.16. The number of rotatable bonds is 4. The quantitative estimate of drug-likeness (QED) is 0.482. The minimum absolute atomic E-state index is 0.161. The molecule has 1 nitrogen and oxygen atoms in total. The molecule has 1 rings (SSSR count). The summed E-state index contributed by atoms with van der Waals surface area (Å²) in [5, 5.41) is 0. The highest BCUT2D eigenvalue weighted by Crippen LogP contribution is 2.26. The molecule has 1 aromatic carbocycles. The van der Waals surface area contributed by atoms with Crippen molar-refractivity contribution in [2.75, 3.05) is 0 Å². The Bertz CT molecular complexity index is 377. The van der Waals surface area contributed by atoms with Gasteiger partial charge in [0.2, 0.25) is 0 Å². The van der Waals surface area contributed by atoms with Gasteiger partial charge in [-0.15, -0.1) is 6.58 Å². The molecule has 2 N–H and O–H groups in total. The minimum atomic E-state index is -1.44. The lowest BCUT2D eigenvalue weighted by Gasteiger charge is -2.13. The number of hydrogen-bond donors (Lipinski definition) is 1. The summed E-state index contributed by atoms with van der Waals surface area (Å²) in [5.74, 6) is -5.75. The number of benzene rings is 1. The molecule has 0 saturated heterocycles. The first kappa shape index (κ1) is 12.7. The molecule has 0 aliphatic carbocycles. The molecule has 0 fully saturated rings. The second kappa shape index (κ2) is 5.12. The highest BCUT2D eigenvalue weighted by atomic mass is 19.2. The summed E-state index contributed by atoms with van der Waals surface area (Å²) >= 11 is 0. The van der Waals surface area contributed by atoms with Crippen molar-refractivity contribution in [1.82, 2.24) is 0 Å². The lowest BCUT2D eigenvalue weighted by molar-refractivity contribution is 0.423. The van der Waals surface area contributed by atoms with Crippen LogP contribution in [0.3, 0.4) is 0 Å². The molecule has 0 unspecified atom stereocenters. The van der Waals surface area contributed by atoms with Gasteiger partial charge < -0.3 is 5.73 Å². The van der Waals surface area contributed by atoms with Crippen LogP contribution in [0.5, 0.6) is 0 Å². The molecule has 0 spiro atoms. The van der Waals surface area contributed by atoms with E-state index in [0.717, 1.165) is 0 Å². The van der Waals surface area contributed by atoms with Crippen LogP contribution in [0.25, 0.3) is 0 Å². The molecule has 0 aliphatic rings. The topological polar surface area (TPSA) is 26.0 Å². The number of halogens is 4. The zero-order chi connectivity index (χ0) is 12.3. The predicted molar refractivity (Wildman–Crippen MR) is 52.6 cm³/mol. The summed E-state index contributed by atoms with van der Waals surface area (Å²) in [6, 6.07) is -0.933.